The summed E-state index contributed by atoms with van der Waals surface area (Å²) in [6, 6.07) is 6.28. The van der Waals surface area contributed by atoms with E-state index in [0.29, 0.717) is 10.3 Å². The molecule has 1 aromatic carbocycles. The van der Waals surface area contributed by atoms with Gasteiger partial charge < -0.3 is 5.11 Å². The lowest BCUT2D eigenvalue weighted by atomic mass is 10.2. The van der Waals surface area contributed by atoms with Gasteiger partial charge in [0.15, 0.2) is 0 Å². The minimum absolute atomic E-state index is 0.0806. The molecule has 0 aliphatic carbocycles. The molecule has 7 heteroatoms. The van der Waals surface area contributed by atoms with Crippen LogP contribution in [-0.2, 0) is 4.79 Å². The van der Waals surface area contributed by atoms with Crippen LogP contribution in [0, 0.1) is 10.1 Å². The third kappa shape index (κ3) is 2.65. The molecule has 0 spiro atoms. The fraction of sp³-hybridized carbons (Fsp3) is 0.167. The second-order valence-corrected chi connectivity index (χ2v) is 5.22. The van der Waals surface area contributed by atoms with Crippen LogP contribution in [0.4, 0.5) is 5.69 Å². The maximum absolute atomic E-state index is 10.9. The van der Waals surface area contributed by atoms with Gasteiger partial charge in [0.05, 0.1) is 4.92 Å². The topological polar surface area (TPSA) is 93.3 Å². The highest BCUT2D eigenvalue weighted by atomic mass is 32.2. The van der Waals surface area contributed by atoms with Crippen molar-refractivity contribution in [2.75, 3.05) is 0 Å². The van der Waals surface area contributed by atoms with E-state index in [1.54, 1.807) is 25.1 Å². The second kappa shape index (κ2) is 5.23. The van der Waals surface area contributed by atoms with Gasteiger partial charge in [-0.3, -0.25) is 14.9 Å². The van der Waals surface area contributed by atoms with Gasteiger partial charge in [0.1, 0.15) is 10.8 Å². The van der Waals surface area contributed by atoms with Crippen LogP contribution < -0.4 is 0 Å². The lowest BCUT2D eigenvalue weighted by Gasteiger charge is -2.08. The summed E-state index contributed by atoms with van der Waals surface area (Å²) in [5.41, 5.74) is 0.193. The maximum Gasteiger partial charge on any atom is 0.316 e. The molecule has 0 amide bonds. The zero-order valence-corrected chi connectivity index (χ0v) is 10.8. The van der Waals surface area contributed by atoms with Crippen LogP contribution in [0.2, 0.25) is 0 Å². The highest BCUT2D eigenvalue weighted by molar-refractivity contribution is 8.00. The molecule has 0 bridgehead atoms. The van der Waals surface area contributed by atoms with Crippen LogP contribution in [0.1, 0.15) is 6.92 Å². The highest BCUT2D eigenvalue weighted by Crippen LogP contribution is 2.34. The summed E-state index contributed by atoms with van der Waals surface area (Å²) in [7, 11) is 0. The first kappa shape index (κ1) is 13.3. The van der Waals surface area contributed by atoms with Crippen molar-refractivity contribution in [3.63, 3.8) is 0 Å². The van der Waals surface area contributed by atoms with Gasteiger partial charge in [-0.2, -0.15) is 0 Å². The summed E-state index contributed by atoms with van der Waals surface area (Å²) in [5.74, 6) is -0.930. The molecular formula is C12H10N2O4S. The molecule has 19 heavy (non-hydrogen) atoms. The molecule has 0 fully saturated rings. The number of nitrogens with zero attached hydrogens (tertiary/aromatic N) is 2. The summed E-state index contributed by atoms with van der Waals surface area (Å²) >= 11 is 1.14. The van der Waals surface area contributed by atoms with Crippen molar-refractivity contribution >= 4 is 34.3 Å². The van der Waals surface area contributed by atoms with Crippen molar-refractivity contribution in [3.05, 3.63) is 40.6 Å². The smallest absolute Gasteiger partial charge is 0.316 e. The molecule has 0 aliphatic rings. The van der Waals surface area contributed by atoms with Crippen molar-refractivity contribution in [1.29, 1.82) is 0 Å². The first-order valence-electron chi connectivity index (χ1n) is 5.42. The molecule has 98 valence electrons. The Morgan fingerprint density at radius 2 is 2.21 bits per heavy atom. The molecule has 1 N–H and O–H groups in total. The number of hydrogen-bond donors (Lipinski definition) is 1. The average molecular weight is 278 g/mol. The van der Waals surface area contributed by atoms with E-state index < -0.39 is 16.1 Å². The number of carbonyl (C=O) groups is 1. The zero-order valence-electron chi connectivity index (χ0n) is 9.94. The van der Waals surface area contributed by atoms with Gasteiger partial charge in [0.25, 0.3) is 5.69 Å². The van der Waals surface area contributed by atoms with Crippen LogP contribution in [0.15, 0.2) is 35.4 Å². The number of carboxylic acid groups (broad SMARTS) is 1. The number of benzene rings is 1. The van der Waals surface area contributed by atoms with Crippen LogP contribution >= 0.6 is 11.8 Å². The average Bonchev–Trinajstić information content (AvgIpc) is 2.38. The summed E-state index contributed by atoms with van der Waals surface area (Å²) in [6.07, 6.45) is 1.48. The van der Waals surface area contributed by atoms with Gasteiger partial charge >= 0.3 is 5.97 Å². The Morgan fingerprint density at radius 3 is 2.84 bits per heavy atom. The number of thioether (sulfide) groups is 1. The first-order valence-corrected chi connectivity index (χ1v) is 6.30. The largest absolute Gasteiger partial charge is 0.480 e. The molecule has 1 heterocycles. The van der Waals surface area contributed by atoms with Crippen molar-refractivity contribution < 1.29 is 14.8 Å². The van der Waals surface area contributed by atoms with Crippen molar-refractivity contribution in [2.45, 2.75) is 17.1 Å². The van der Waals surface area contributed by atoms with Crippen LogP contribution in [0.3, 0.4) is 0 Å². The molecule has 6 nitrogen and oxygen atoms in total. The SMILES string of the molecule is CC(Sc1ccc([N+](=O)[O-])c2ncccc12)C(=O)O. The zero-order chi connectivity index (χ0) is 14.0. The van der Waals surface area contributed by atoms with Crippen molar-refractivity contribution in [1.82, 2.24) is 4.98 Å². The Balaban J connectivity index is 2.55. The van der Waals surface area contributed by atoms with Gasteiger partial charge in [0, 0.05) is 22.5 Å². The fourth-order valence-electron chi connectivity index (χ4n) is 1.62. The molecule has 0 radical (unpaired) electrons. The number of aromatic nitrogens is 1. The lowest BCUT2D eigenvalue weighted by Crippen LogP contribution is -2.11. The van der Waals surface area contributed by atoms with E-state index in [0.717, 1.165) is 11.8 Å². The number of pyridine rings is 1. The number of non-ortho nitro benzene ring substituents is 1. The second-order valence-electron chi connectivity index (χ2n) is 3.84. The number of fused-ring (bicyclic) bond motifs is 1. The number of rotatable bonds is 4. The molecule has 2 rings (SSSR count). The van der Waals surface area contributed by atoms with Crippen molar-refractivity contribution in [3.8, 4) is 0 Å². The van der Waals surface area contributed by atoms with E-state index in [4.69, 9.17) is 5.11 Å². The van der Waals surface area contributed by atoms with E-state index in [-0.39, 0.29) is 11.2 Å². The minimum atomic E-state index is -0.930. The van der Waals surface area contributed by atoms with Crippen LogP contribution in [-0.4, -0.2) is 26.2 Å². The Morgan fingerprint density at radius 1 is 1.47 bits per heavy atom. The van der Waals surface area contributed by atoms with Gasteiger partial charge in [-0.1, -0.05) is 0 Å². The minimum Gasteiger partial charge on any atom is -0.480 e. The van der Waals surface area contributed by atoms with Crippen molar-refractivity contribution in [2.24, 2.45) is 0 Å². The Labute approximate surface area is 112 Å². The molecule has 1 atom stereocenters. The Hall–Kier alpha value is -2.15. The van der Waals surface area contributed by atoms with E-state index >= 15 is 0 Å². The highest BCUT2D eigenvalue weighted by Gasteiger charge is 2.19. The summed E-state index contributed by atoms with van der Waals surface area (Å²) in [6.45, 7) is 1.57. The van der Waals surface area contributed by atoms with Gasteiger partial charge in [-0.25, -0.2) is 4.98 Å². The number of hydrogen-bond acceptors (Lipinski definition) is 5. The van der Waals surface area contributed by atoms with E-state index in [2.05, 4.69) is 4.98 Å². The first-order chi connectivity index (χ1) is 9.00. The molecule has 1 aromatic heterocycles. The Kier molecular flexibility index (Phi) is 3.66. The van der Waals surface area contributed by atoms with E-state index in [9.17, 15) is 14.9 Å². The van der Waals surface area contributed by atoms with Gasteiger partial charge in [-0.15, -0.1) is 11.8 Å². The summed E-state index contributed by atoms with van der Waals surface area (Å²) in [4.78, 5) is 26.0. The molecule has 1 unspecified atom stereocenters. The molecule has 0 saturated carbocycles. The van der Waals surface area contributed by atoms with E-state index in [1.165, 1.54) is 12.3 Å². The van der Waals surface area contributed by atoms with Crippen LogP contribution in [0.5, 0.6) is 0 Å². The summed E-state index contributed by atoms with van der Waals surface area (Å²) in [5, 5.41) is 19.8. The third-order valence-electron chi connectivity index (χ3n) is 2.56. The standard InChI is InChI=1S/C12H10N2O4S/c1-7(12(15)16)19-10-5-4-9(14(17)18)11-8(10)3-2-6-13-11/h2-7H,1H3,(H,15,16). The van der Waals surface area contributed by atoms with Gasteiger partial charge in [0.2, 0.25) is 0 Å². The molecule has 2 aromatic rings. The number of nitro groups is 1. The third-order valence-corrected chi connectivity index (χ3v) is 3.72. The number of carboxylic acids is 1. The maximum atomic E-state index is 10.9. The quantitative estimate of drug-likeness (QED) is 0.525. The molecule has 0 saturated heterocycles. The predicted octanol–water partition coefficient (Wildman–Crippen LogP) is 2.71. The fourth-order valence-corrected chi connectivity index (χ4v) is 2.54. The van der Waals surface area contributed by atoms with Crippen LogP contribution in [0.25, 0.3) is 10.9 Å². The van der Waals surface area contributed by atoms with Gasteiger partial charge in [-0.05, 0) is 25.1 Å². The number of aliphatic carboxylic acids is 1. The summed E-state index contributed by atoms with van der Waals surface area (Å²) < 4.78 is 0. The molecule has 0 aliphatic heterocycles. The monoisotopic (exact) mass is 278 g/mol. The normalized spacial score (nSPS) is 12.3. The predicted molar refractivity (Wildman–Crippen MR) is 71.4 cm³/mol. The van der Waals surface area contributed by atoms with E-state index in [1.807, 2.05) is 0 Å². The molecular weight excluding hydrogens is 268 g/mol. The number of nitro benzene ring substituents is 1. The Bertz CT molecular complexity index is 659. The lowest BCUT2D eigenvalue weighted by molar-refractivity contribution is -0.383.